The van der Waals surface area contributed by atoms with Crippen molar-refractivity contribution in [2.24, 2.45) is 0 Å². The average Bonchev–Trinajstić information content (AvgIpc) is 3.11. The number of methoxy groups -OCH3 is 1. The highest BCUT2D eigenvalue weighted by molar-refractivity contribution is 5.92. The van der Waals surface area contributed by atoms with Gasteiger partial charge in [-0.3, -0.25) is 4.79 Å². The number of anilines is 1. The summed E-state index contributed by atoms with van der Waals surface area (Å²) < 4.78 is 17.1. The molecule has 0 saturated heterocycles. The van der Waals surface area contributed by atoms with Crippen molar-refractivity contribution in [3.05, 3.63) is 53.5 Å². The Morgan fingerprint density at radius 3 is 2.25 bits per heavy atom. The summed E-state index contributed by atoms with van der Waals surface area (Å²) in [6.07, 6.45) is -0.896. The van der Waals surface area contributed by atoms with Crippen LogP contribution in [0.1, 0.15) is 24.0 Å². The van der Waals surface area contributed by atoms with Gasteiger partial charge in [-0.15, -0.1) is 0 Å². The van der Waals surface area contributed by atoms with Gasteiger partial charge in [0.2, 0.25) is 0 Å². The van der Waals surface area contributed by atoms with Gasteiger partial charge in [0.25, 0.3) is 11.9 Å². The molecule has 1 unspecified atom stereocenters. The molecule has 10 heteroatoms. The lowest BCUT2D eigenvalue weighted by atomic mass is 10.3. The fourth-order valence-electron chi connectivity index (χ4n) is 2.88. The van der Waals surface area contributed by atoms with Crippen molar-refractivity contribution in [2.75, 3.05) is 19.0 Å². The van der Waals surface area contributed by atoms with E-state index in [0.29, 0.717) is 29.0 Å². The molecule has 1 atom stereocenters. The molecule has 0 spiro atoms. The molecule has 2 heterocycles. The van der Waals surface area contributed by atoms with Crippen molar-refractivity contribution in [3.8, 4) is 17.4 Å². The fourth-order valence-corrected chi connectivity index (χ4v) is 2.88. The highest BCUT2D eigenvalue weighted by Crippen LogP contribution is 2.19. The van der Waals surface area contributed by atoms with Gasteiger partial charge >= 0.3 is 5.97 Å². The Labute approximate surface area is 185 Å². The summed E-state index contributed by atoms with van der Waals surface area (Å²) in [6, 6.07) is 10.3. The van der Waals surface area contributed by atoms with Crippen LogP contribution in [0.2, 0.25) is 0 Å². The van der Waals surface area contributed by atoms with Gasteiger partial charge in [0, 0.05) is 17.5 Å². The summed E-state index contributed by atoms with van der Waals surface area (Å²) in [5, 5.41) is 7.01. The number of esters is 1. The second-order valence-corrected chi connectivity index (χ2v) is 7.12. The maximum atomic E-state index is 12.4. The van der Waals surface area contributed by atoms with Gasteiger partial charge in [-0.25, -0.2) is 14.8 Å². The first-order valence-corrected chi connectivity index (χ1v) is 9.91. The minimum atomic E-state index is -0.896. The van der Waals surface area contributed by atoms with E-state index in [0.717, 1.165) is 11.4 Å². The van der Waals surface area contributed by atoms with Crippen molar-refractivity contribution in [2.45, 2.75) is 33.8 Å². The van der Waals surface area contributed by atoms with Gasteiger partial charge in [0.05, 0.1) is 12.8 Å². The summed E-state index contributed by atoms with van der Waals surface area (Å²) in [7, 11) is 1.56. The number of aromatic nitrogens is 4. The second-order valence-electron chi connectivity index (χ2n) is 7.12. The van der Waals surface area contributed by atoms with Crippen molar-refractivity contribution in [3.63, 3.8) is 0 Å². The molecule has 3 rings (SSSR count). The van der Waals surface area contributed by atoms with Crippen LogP contribution in [0.3, 0.4) is 0 Å². The van der Waals surface area contributed by atoms with Crippen molar-refractivity contribution in [1.29, 1.82) is 0 Å². The third kappa shape index (κ3) is 5.81. The standard InChI is InChI=1S/C22H25N5O5/c1-13-10-14(2)24-22(23-13)27-19(11-15(3)26-27)25-20(28)12-31-21(29)16(4)32-18-8-6-17(30-5)7-9-18/h6-11,16H,12H2,1-5H3,(H,25,28). The lowest BCUT2D eigenvalue weighted by molar-refractivity contribution is -0.153. The molecule has 0 aliphatic carbocycles. The summed E-state index contributed by atoms with van der Waals surface area (Å²) in [6.45, 7) is 6.54. The molecule has 1 aromatic carbocycles. The molecule has 2 aromatic heterocycles. The summed E-state index contributed by atoms with van der Waals surface area (Å²) >= 11 is 0. The maximum absolute atomic E-state index is 12.4. The first-order chi connectivity index (χ1) is 15.2. The Bertz CT molecular complexity index is 1090. The van der Waals surface area contributed by atoms with Gasteiger partial charge in [0.1, 0.15) is 17.3 Å². The van der Waals surface area contributed by atoms with Crippen LogP contribution in [-0.2, 0) is 14.3 Å². The first-order valence-electron chi connectivity index (χ1n) is 9.91. The van der Waals surface area contributed by atoms with E-state index in [1.165, 1.54) is 4.68 Å². The number of aryl methyl sites for hydroxylation is 3. The van der Waals surface area contributed by atoms with Gasteiger partial charge in [-0.1, -0.05) is 0 Å². The first kappa shape index (κ1) is 22.7. The number of hydrogen-bond acceptors (Lipinski definition) is 8. The van der Waals surface area contributed by atoms with Crippen LogP contribution in [0.5, 0.6) is 11.5 Å². The van der Waals surface area contributed by atoms with E-state index in [1.54, 1.807) is 51.3 Å². The predicted molar refractivity (Wildman–Crippen MR) is 116 cm³/mol. The zero-order chi connectivity index (χ0) is 23.3. The molecule has 0 fully saturated rings. The van der Waals surface area contributed by atoms with Crippen LogP contribution in [-0.4, -0.2) is 51.4 Å². The smallest absolute Gasteiger partial charge is 0.347 e. The van der Waals surface area contributed by atoms with E-state index in [-0.39, 0.29) is 0 Å². The number of carbonyl (C=O) groups is 2. The third-order valence-corrected chi connectivity index (χ3v) is 4.31. The minimum absolute atomic E-state index is 0.337. The topological polar surface area (TPSA) is 117 Å². The Kier molecular flexibility index (Phi) is 7.04. The van der Waals surface area contributed by atoms with Gasteiger partial charge in [-0.05, 0) is 58.0 Å². The van der Waals surface area contributed by atoms with Gasteiger partial charge in [0.15, 0.2) is 12.7 Å². The average molecular weight is 439 g/mol. The van der Waals surface area contributed by atoms with Crippen LogP contribution in [0.15, 0.2) is 36.4 Å². The predicted octanol–water partition coefficient (Wildman–Crippen LogP) is 2.55. The number of carbonyl (C=O) groups excluding carboxylic acids is 2. The largest absolute Gasteiger partial charge is 0.497 e. The monoisotopic (exact) mass is 439 g/mol. The number of benzene rings is 1. The molecular weight excluding hydrogens is 414 g/mol. The van der Waals surface area contributed by atoms with Crippen LogP contribution in [0, 0.1) is 20.8 Å². The normalized spacial score (nSPS) is 11.5. The zero-order valence-electron chi connectivity index (χ0n) is 18.6. The van der Waals surface area contributed by atoms with E-state index in [2.05, 4.69) is 20.4 Å². The molecule has 32 heavy (non-hydrogen) atoms. The molecule has 0 bridgehead atoms. The second kappa shape index (κ2) is 9.90. The Morgan fingerprint density at radius 1 is 1.00 bits per heavy atom. The van der Waals surface area contributed by atoms with E-state index < -0.39 is 24.6 Å². The Morgan fingerprint density at radius 2 is 1.62 bits per heavy atom. The maximum Gasteiger partial charge on any atom is 0.347 e. The highest BCUT2D eigenvalue weighted by atomic mass is 16.6. The van der Waals surface area contributed by atoms with Gasteiger partial charge in [-0.2, -0.15) is 9.78 Å². The molecule has 0 aliphatic rings. The lowest BCUT2D eigenvalue weighted by Crippen LogP contribution is -2.30. The number of ether oxygens (including phenoxy) is 3. The number of amides is 1. The molecule has 0 radical (unpaired) electrons. The summed E-state index contributed by atoms with van der Waals surface area (Å²) in [5.41, 5.74) is 2.22. The lowest BCUT2D eigenvalue weighted by Gasteiger charge is -2.14. The van der Waals surface area contributed by atoms with Crippen molar-refractivity contribution < 1.29 is 23.8 Å². The Balaban J connectivity index is 1.58. The number of rotatable bonds is 8. The minimum Gasteiger partial charge on any atom is -0.497 e. The molecule has 1 N–H and O–H groups in total. The SMILES string of the molecule is COc1ccc(OC(C)C(=O)OCC(=O)Nc2cc(C)nn2-c2nc(C)cc(C)n2)cc1. The molecule has 168 valence electrons. The number of nitrogens with one attached hydrogen (secondary N) is 1. The quantitative estimate of drug-likeness (QED) is 0.532. The van der Waals surface area contributed by atoms with Crippen molar-refractivity contribution in [1.82, 2.24) is 19.7 Å². The van der Waals surface area contributed by atoms with E-state index >= 15 is 0 Å². The van der Waals surface area contributed by atoms with E-state index in [9.17, 15) is 9.59 Å². The van der Waals surface area contributed by atoms with Crippen LogP contribution in [0.25, 0.3) is 5.95 Å². The van der Waals surface area contributed by atoms with Crippen LogP contribution in [0.4, 0.5) is 5.82 Å². The molecule has 0 aliphatic heterocycles. The van der Waals surface area contributed by atoms with E-state index in [4.69, 9.17) is 14.2 Å². The van der Waals surface area contributed by atoms with Crippen LogP contribution < -0.4 is 14.8 Å². The zero-order valence-corrected chi connectivity index (χ0v) is 18.6. The van der Waals surface area contributed by atoms with Crippen LogP contribution >= 0.6 is 0 Å². The fraction of sp³-hybridized carbons (Fsp3) is 0.318. The summed E-state index contributed by atoms with van der Waals surface area (Å²) in [5.74, 6) is 0.664. The molecule has 0 saturated carbocycles. The summed E-state index contributed by atoms with van der Waals surface area (Å²) in [4.78, 5) is 33.3. The molecule has 10 nitrogen and oxygen atoms in total. The molecule has 3 aromatic rings. The highest BCUT2D eigenvalue weighted by Gasteiger charge is 2.19. The van der Waals surface area contributed by atoms with Gasteiger partial charge < -0.3 is 19.5 Å². The number of nitrogens with zero attached hydrogens (tertiary/aromatic N) is 4. The Hall–Kier alpha value is -3.95. The molecule has 1 amide bonds. The third-order valence-electron chi connectivity index (χ3n) is 4.31. The van der Waals surface area contributed by atoms with Crippen molar-refractivity contribution >= 4 is 17.7 Å². The molecular formula is C22H25N5O5. The van der Waals surface area contributed by atoms with E-state index in [1.807, 2.05) is 19.9 Å². The number of hydrogen-bond donors (Lipinski definition) is 1.